The smallest absolute Gasteiger partial charge is 0.244 e. The molecule has 1 N–H and O–H groups in total. The number of anilines is 1. The lowest BCUT2D eigenvalue weighted by molar-refractivity contribution is -0.140. The fourth-order valence-electron chi connectivity index (χ4n) is 3.77. The number of nitrogens with one attached hydrogen (secondary N) is 1. The predicted octanol–water partition coefficient (Wildman–Crippen LogP) is 4.69. The zero-order valence-electron chi connectivity index (χ0n) is 21.5. The molecule has 202 valence electrons. The Kier molecular flexibility index (Phi) is 11.4. The SMILES string of the molecule is CCCCNC(=O)[C@@H](CC)N(Cc1c(Cl)cccc1Cl)C(=O)CN(c1cccc(C(C)=O)c1)S(C)(=O)=O. The molecule has 8 nitrogen and oxygen atoms in total. The molecule has 11 heteroatoms. The van der Waals surface area contributed by atoms with Crippen LogP contribution in [0.2, 0.25) is 10.0 Å². The molecule has 0 heterocycles. The van der Waals surface area contributed by atoms with Gasteiger partial charge < -0.3 is 10.2 Å². The summed E-state index contributed by atoms with van der Waals surface area (Å²) in [4.78, 5) is 40.0. The second-order valence-electron chi connectivity index (χ2n) is 8.67. The fraction of sp³-hybridized carbons (Fsp3) is 0.423. The lowest BCUT2D eigenvalue weighted by Gasteiger charge is -2.33. The van der Waals surface area contributed by atoms with E-state index in [-0.39, 0.29) is 30.3 Å². The van der Waals surface area contributed by atoms with Gasteiger partial charge in [0.2, 0.25) is 21.8 Å². The molecule has 0 fully saturated rings. The van der Waals surface area contributed by atoms with Crippen LogP contribution in [0.4, 0.5) is 5.69 Å². The van der Waals surface area contributed by atoms with E-state index in [2.05, 4.69) is 5.32 Å². The number of nitrogens with zero attached hydrogens (tertiary/aromatic N) is 2. The number of Topliss-reactive ketones (excluding diaryl/α,β-unsaturated/α-hetero) is 1. The van der Waals surface area contributed by atoms with Gasteiger partial charge in [-0.25, -0.2) is 8.42 Å². The molecule has 0 bridgehead atoms. The van der Waals surface area contributed by atoms with Crippen LogP contribution < -0.4 is 9.62 Å². The molecule has 2 rings (SSSR count). The van der Waals surface area contributed by atoms with E-state index >= 15 is 0 Å². The molecular weight excluding hydrogens is 537 g/mol. The van der Waals surface area contributed by atoms with Gasteiger partial charge in [0.1, 0.15) is 12.6 Å². The summed E-state index contributed by atoms with van der Waals surface area (Å²) in [5.74, 6) is -1.21. The van der Waals surface area contributed by atoms with Crippen LogP contribution in [0, 0.1) is 0 Å². The summed E-state index contributed by atoms with van der Waals surface area (Å²) in [6.45, 7) is 4.91. The monoisotopic (exact) mass is 569 g/mol. The Morgan fingerprint density at radius 3 is 2.19 bits per heavy atom. The third-order valence-electron chi connectivity index (χ3n) is 5.83. The van der Waals surface area contributed by atoms with Gasteiger partial charge in [0, 0.05) is 34.3 Å². The molecule has 0 aromatic heterocycles. The van der Waals surface area contributed by atoms with Crippen molar-refractivity contribution in [1.29, 1.82) is 0 Å². The summed E-state index contributed by atoms with van der Waals surface area (Å²) in [5, 5.41) is 3.49. The quantitative estimate of drug-likeness (QED) is 0.278. The first kappa shape index (κ1) is 30.6. The summed E-state index contributed by atoms with van der Waals surface area (Å²) in [7, 11) is -3.93. The van der Waals surface area contributed by atoms with E-state index in [1.165, 1.54) is 24.0 Å². The first-order valence-corrected chi connectivity index (χ1v) is 14.6. The van der Waals surface area contributed by atoms with Gasteiger partial charge in [0.05, 0.1) is 11.9 Å². The van der Waals surface area contributed by atoms with Crippen molar-refractivity contribution < 1.29 is 22.8 Å². The molecular formula is C26H33Cl2N3O5S. The van der Waals surface area contributed by atoms with Gasteiger partial charge in [0.25, 0.3) is 0 Å². The normalized spacial score (nSPS) is 12.1. The largest absolute Gasteiger partial charge is 0.354 e. The Hall–Kier alpha value is -2.62. The van der Waals surface area contributed by atoms with Gasteiger partial charge in [-0.05, 0) is 44.0 Å². The van der Waals surface area contributed by atoms with E-state index in [0.29, 0.717) is 27.7 Å². The first-order chi connectivity index (χ1) is 17.4. The molecule has 0 saturated heterocycles. The number of ketones is 1. The highest BCUT2D eigenvalue weighted by Gasteiger charge is 2.32. The lowest BCUT2D eigenvalue weighted by atomic mass is 10.1. The van der Waals surface area contributed by atoms with Crippen LogP contribution in [0.25, 0.3) is 0 Å². The van der Waals surface area contributed by atoms with Crippen LogP contribution in [0.5, 0.6) is 0 Å². The van der Waals surface area contributed by atoms with E-state index in [4.69, 9.17) is 23.2 Å². The number of amides is 2. The number of carbonyl (C=O) groups excluding carboxylic acids is 3. The Balaban J connectivity index is 2.50. The predicted molar refractivity (Wildman–Crippen MR) is 148 cm³/mol. The molecule has 1 atom stereocenters. The Bertz CT molecular complexity index is 1220. The summed E-state index contributed by atoms with van der Waals surface area (Å²) >= 11 is 12.7. The molecule has 0 radical (unpaired) electrons. The molecule has 2 aromatic carbocycles. The van der Waals surface area contributed by atoms with Crippen LogP contribution in [-0.4, -0.2) is 56.3 Å². The molecule has 0 spiro atoms. The minimum atomic E-state index is -3.93. The molecule has 0 unspecified atom stereocenters. The summed E-state index contributed by atoms with van der Waals surface area (Å²) in [6, 6.07) is 10.1. The highest BCUT2D eigenvalue weighted by molar-refractivity contribution is 7.92. The zero-order valence-corrected chi connectivity index (χ0v) is 23.8. The topological polar surface area (TPSA) is 104 Å². The number of hydrogen-bond donors (Lipinski definition) is 1. The van der Waals surface area contributed by atoms with Crippen molar-refractivity contribution >= 4 is 56.5 Å². The van der Waals surface area contributed by atoms with Gasteiger partial charge in [-0.3, -0.25) is 18.7 Å². The molecule has 0 aliphatic heterocycles. The van der Waals surface area contributed by atoms with E-state index in [1.54, 1.807) is 37.3 Å². The maximum Gasteiger partial charge on any atom is 0.244 e. The van der Waals surface area contributed by atoms with Gasteiger partial charge in [0.15, 0.2) is 5.78 Å². The number of carbonyl (C=O) groups is 3. The van der Waals surface area contributed by atoms with Crippen LogP contribution >= 0.6 is 23.2 Å². The van der Waals surface area contributed by atoms with E-state index in [1.807, 2.05) is 6.92 Å². The number of halogens is 2. The Morgan fingerprint density at radius 2 is 1.65 bits per heavy atom. The van der Waals surface area contributed by atoms with E-state index in [0.717, 1.165) is 23.4 Å². The molecule has 0 saturated carbocycles. The standard InChI is InChI=1S/C26H33Cl2N3O5S/c1-5-7-14-29-26(34)24(6-2)30(16-21-22(27)12-9-13-23(21)28)25(33)17-31(37(4,35)36)20-11-8-10-19(15-20)18(3)32/h8-13,15,24H,5-7,14,16-17H2,1-4H3,(H,29,34)/t24-/m1/s1. The third-order valence-corrected chi connectivity index (χ3v) is 7.67. The second kappa shape index (κ2) is 13.8. The highest BCUT2D eigenvalue weighted by Crippen LogP contribution is 2.28. The number of unbranched alkanes of at least 4 members (excludes halogenated alkanes) is 1. The van der Waals surface area contributed by atoms with E-state index < -0.39 is 28.5 Å². The third kappa shape index (κ3) is 8.45. The Labute approximate surface area is 229 Å². The minimum Gasteiger partial charge on any atom is -0.354 e. The van der Waals surface area contributed by atoms with Gasteiger partial charge in [-0.1, -0.05) is 61.7 Å². The number of rotatable bonds is 13. The second-order valence-corrected chi connectivity index (χ2v) is 11.4. The van der Waals surface area contributed by atoms with Crippen molar-refractivity contribution in [3.63, 3.8) is 0 Å². The fourth-order valence-corrected chi connectivity index (χ4v) is 5.13. The van der Waals surface area contributed by atoms with Crippen molar-refractivity contribution in [2.24, 2.45) is 0 Å². The first-order valence-electron chi connectivity index (χ1n) is 12.0. The van der Waals surface area contributed by atoms with Crippen molar-refractivity contribution in [1.82, 2.24) is 10.2 Å². The zero-order chi connectivity index (χ0) is 27.8. The summed E-state index contributed by atoms with van der Waals surface area (Å²) in [5.41, 5.74) is 0.920. The minimum absolute atomic E-state index is 0.0951. The average molecular weight is 571 g/mol. The van der Waals surface area contributed by atoms with Gasteiger partial charge >= 0.3 is 0 Å². The van der Waals surface area contributed by atoms with Gasteiger partial charge in [-0.15, -0.1) is 0 Å². The number of sulfonamides is 1. The maximum atomic E-state index is 13.7. The molecule has 2 amide bonds. The van der Waals surface area contributed by atoms with Crippen LogP contribution in [0.1, 0.15) is 56.0 Å². The summed E-state index contributed by atoms with van der Waals surface area (Å²) in [6.07, 6.45) is 2.92. The van der Waals surface area contributed by atoms with E-state index in [9.17, 15) is 22.8 Å². The number of hydrogen-bond acceptors (Lipinski definition) is 5. The molecule has 0 aliphatic carbocycles. The highest BCUT2D eigenvalue weighted by atomic mass is 35.5. The van der Waals surface area contributed by atoms with Crippen LogP contribution in [0.15, 0.2) is 42.5 Å². The van der Waals surface area contributed by atoms with Crippen molar-refractivity contribution in [3.8, 4) is 0 Å². The van der Waals surface area contributed by atoms with Crippen molar-refractivity contribution in [3.05, 3.63) is 63.6 Å². The van der Waals surface area contributed by atoms with Crippen molar-refractivity contribution in [2.45, 2.75) is 52.6 Å². The lowest BCUT2D eigenvalue weighted by Crippen LogP contribution is -2.52. The van der Waals surface area contributed by atoms with Crippen LogP contribution in [-0.2, 0) is 26.2 Å². The average Bonchev–Trinajstić information content (AvgIpc) is 2.83. The van der Waals surface area contributed by atoms with Crippen LogP contribution in [0.3, 0.4) is 0 Å². The maximum absolute atomic E-state index is 13.7. The molecule has 0 aliphatic rings. The van der Waals surface area contributed by atoms with Gasteiger partial charge in [-0.2, -0.15) is 0 Å². The summed E-state index contributed by atoms with van der Waals surface area (Å²) < 4.78 is 26.4. The number of benzene rings is 2. The molecule has 37 heavy (non-hydrogen) atoms. The van der Waals surface area contributed by atoms with Crippen molar-refractivity contribution in [2.75, 3.05) is 23.7 Å². The molecule has 2 aromatic rings. The Morgan fingerprint density at radius 1 is 1.03 bits per heavy atom.